The predicted molar refractivity (Wildman–Crippen MR) is 94.0 cm³/mol. The maximum absolute atomic E-state index is 13.0. The molecule has 3 aromatic rings. The summed E-state index contributed by atoms with van der Waals surface area (Å²) in [7, 11) is 1.26. The average Bonchev–Trinajstić information content (AvgIpc) is 3.05. The zero-order valence-corrected chi connectivity index (χ0v) is 14.5. The molecule has 2 aromatic carbocycles. The lowest BCUT2D eigenvalue weighted by molar-refractivity contribution is -0.141. The quantitative estimate of drug-likeness (QED) is 0.542. The molecule has 0 aliphatic heterocycles. The van der Waals surface area contributed by atoms with Crippen molar-refractivity contribution >= 4 is 17.6 Å². The molecule has 0 atom stereocenters. The molecule has 1 heterocycles. The molecule has 1 aromatic heterocycles. The number of amides is 1. The molecule has 0 unspecified atom stereocenters. The molecule has 0 fully saturated rings. The second-order valence-corrected chi connectivity index (χ2v) is 5.80. The van der Waals surface area contributed by atoms with Crippen molar-refractivity contribution in [3.05, 3.63) is 77.6 Å². The van der Waals surface area contributed by atoms with E-state index in [1.165, 1.54) is 31.3 Å². The Kier molecular flexibility index (Phi) is 5.16. The minimum absolute atomic E-state index is 0.0670. The number of carbonyl (C=O) groups excluding carboxylic acids is 2. The van der Waals surface area contributed by atoms with Crippen molar-refractivity contribution in [2.45, 2.75) is 6.18 Å². The summed E-state index contributed by atoms with van der Waals surface area (Å²) in [5.41, 5.74) is -1.30. The average molecular weight is 389 g/mol. The standard InChI is InChI=1S/C19H14F3N3O3/c1-25-11-15(16(24-25)19(20,21)22)18(27)28-14-9-5-6-12(10-14)17(26)23-13-7-3-2-4-8-13/h2-11H,1H3,(H,23,26). The number of esters is 1. The van der Waals surface area contributed by atoms with Crippen LogP contribution < -0.4 is 10.1 Å². The highest BCUT2D eigenvalue weighted by Crippen LogP contribution is 2.31. The van der Waals surface area contributed by atoms with E-state index in [1.54, 1.807) is 30.3 Å². The summed E-state index contributed by atoms with van der Waals surface area (Å²) in [6.07, 6.45) is -3.87. The van der Waals surface area contributed by atoms with Crippen molar-refractivity contribution in [1.29, 1.82) is 0 Å². The smallest absolute Gasteiger partial charge is 0.423 e. The van der Waals surface area contributed by atoms with Gasteiger partial charge in [-0.25, -0.2) is 4.79 Å². The zero-order valence-electron chi connectivity index (χ0n) is 14.5. The number of nitrogens with zero attached hydrogens (tertiary/aromatic N) is 2. The van der Waals surface area contributed by atoms with E-state index < -0.39 is 29.3 Å². The summed E-state index contributed by atoms with van der Waals surface area (Å²) in [5, 5.41) is 5.93. The third kappa shape index (κ3) is 4.37. The van der Waals surface area contributed by atoms with Crippen molar-refractivity contribution in [2.24, 2.45) is 7.05 Å². The van der Waals surface area contributed by atoms with Crippen molar-refractivity contribution < 1.29 is 27.5 Å². The minimum atomic E-state index is -4.80. The highest BCUT2D eigenvalue weighted by atomic mass is 19.4. The number of ether oxygens (including phenoxy) is 1. The molecule has 6 nitrogen and oxygen atoms in total. The number of para-hydroxylation sites is 1. The lowest BCUT2D eigenvalue weighted by atomic mass is 10.2. The van der Waals surface area contributed by atoms with E-state index in [-0.39, 0.29) is 11.3 Å². The van der Waals surface area contributed by atoms with E-state index in [0.29, 0.717) is 5.69 Å². The van der Waals surface area contributed by atoms with E-state index in [1.807, 2.05) is 0 Å². The van der Waals surface area contributed by atoms with E-state index in [0.717, 1.165) is 10.9 Å². The third-order valence-electron chi connectivity index (χ3n) is 3.66. The molecule has 0 saturated carbocycles. The van der Waals surface area contributed by atoms with Crippen molar-refractivity contribution in [2.75, 3.05) is 5.32 Å². The van der Waals surface area contributed by atoms with Gasteiger partial charge in [0.2, 0.25) is 0 Å². The predicted octanol–water partition coefficient (Wildman–Crippen LogP) is 3.91. The Balaban J connectivity index is 1.78. The van der Waals surface area contributed by atoms with Gasteiger partial charge in [0.15, 0.2) is 5.69 Å². The Morgan fingerprint density at radius 1 is 1.07 bits per heavy atom. The molecule has 144 valence electrons. The largest absolute Gasteiger partial charge is 0.436 e. The van der Waals surface area contributed by atoms with Crippen LogP contribution in [-0.2, 0) is 13.2 Å². The van der Waals surface area contributed by atoms with Crippen molar-refractivity contribution in [3.8, 4) is 5.75 Å². The molecule has 0 aliphatic carbocycles. The van der Waals surface area contributed by atoms with Crippen LogP contribution in [0.25, 0.3) is 0 Å². The number of aromatic nitrogens is 2. The van der Waals surface area contributed by atoms with Crippen LogP contribution in [0.3, 0.4) is 0 Å². The number of benzene rings is 2. The van der Waals surface area contributed by atoms with E-state index >= 15 is 0 Å². The zero-order chi connectivity index (χ0) is 20.3. The number of rotatable bonds is 4. The Morgan fingerprint density at radius 3 is 2.46 bits per heavy atom. The molecule has 0 aliphatic rings. The number of nitrogens with one attached hydrogen (secondary N) is 1. The monoisotopic (exact) mass is 389 g/mol. The topological polar surface area (TPSA) is 73.2 Å². The summed E-state index contributed by atoms with van der Waals surface area (Å²) in [6, 6.07) is 14.3. The van der Waals surface area contributed by atoms with Crippen LogP contribution in [0.5, 0.6) is 5.75 Å². The van der Waals surface area contributed by atoms with Gasteiger partial charge in [-0.3, -0.25) is 9.48 Å². The van der Waals surface area contributed by atoms with Gasteiger partial charge in [-0.05, 0) is 30.3 Å². The number of halogens is 3. The second kappa shape index (κ2) is 7.55. The van der Waals surface area contributed by atoms with Gasteiger partial charge in [0.05, 0.1) is 0 Å². The van der Waals surface area contributed by atoms with Crippen LogP contribution in [0.15, 0.2) is 60.8 Å². The van der Waals surface area contributed by atoms with Gasteiger partial charge in [0.25, 0.3) is 5.91 Å². The van der Waals surface area contributed by atoms with Crippen LogP contribution in [0.1, 0.15) is 26.4 Å². The van der Waals surface area contributed by atoms with E-state index in [9.17, 15) is 22.8 Å². The lowest BCUT2D eigenvalue weighted by Gasteiger charge is -2.08. The van der Waals surface area contributed by atoms with Crippen molar-refractivity contribution in [1.82, 2.24) is 9.78 Å². The van der Waals surface area contributed by atoms with Crippen molar-refractivity contribution in [3.63, 3.8) is 0 Å². The molecule has 0 spiro atoms. The van der Waals surface area contributed by atoms with Gasteiger partial charge in [-0.1, -0.05) is 24.3 Å². The molecule has 9 heteroatoms. The summed E-state index contributed by atoms with van der Waals surface area (Å²) in [4.78, 5) is 24.5. The van der Waals surface area contributed by atoms with Gasteiger partial charge in [-0.15, -0.1) is 0 Å². The summed E-state index contributed by atoms with van der Waals surface area (Å²) < 4.78 is 44.9. The summed E-state index contributed by atoms with van der Waals surface area (Å²) in [5.74, 6) is -1.75. The summed E-state index contributed by atoms with van der Waals surface area (Å²) >= 11 is 0. The van der Waals surface area contributed by atoms with Crippen LogP contribution in [-0.4, -0.2) is 21.7 Å². The molecule has 3 rings (SSSR count). The molecule has 1 N–H and O–H groups in total. The first-order chi connectivity index (χ1) is 13.2. The summed E-state index contributed by atoms with van der Waals surface area (Å²) in [6.45, 7) is 0. The molecule has 0 bridgehead atoms. The first-order valence-corrected chi connectivity index (χ1v) is 8.03. The van der Waals surface area contributed by atoms with Crippen LogP contribution in [0.4, 0.5) is 18.9 Å². The van der Waals surface area contributed by atoms with Crippen LogP contribution >= 0.6 is 0 Å². The van der Waals surface area contributed by atoms with Gasteiger partial charge in [0.1, 0.15) is 11.3 Å². The first-order valence-electron chi connectivity index (χ1n) is 8.03. The number of hydrogen-bond acceptors (Lipinski definition) is 4. The highest BCUT2D eigenvalue weighted by Gasteiger charge is 2.39. The molecule has 28 heavy (non-hydrogen) atoms. The molecule has 1 amide bonds. The second-order valence-electron chi connectivity index (χ2n) is 5.80. The lowest BCUT2D eigenvalue weighted by Crippen LogP contribution is -2.16. The number of aryl methyl sites for hydroxylation is 1. The highest BCUT2D eigenvalue weighted by molar-refractivity contribution is 6.04. The molecular formula is C19H14F3N3O3. The molecular weight excluding hydrogens is 375 g/mol. The van der Waals surface area contributed by atoms with E-state index in [4.69, 9.17) is 4.74 Å². The van der Waals surface area contributed by atoms with Gasteiger partial charge in [0, 0.05) is 24.5 Å². The Hall–Kier alpha value is -3.62. The fourth-order valence-corrected chi connectivity index (χ4v) is 2.43. The fourth-order valence-electron chi connectivity index (χ4n) is 2.43. The van der Waals surface area contributed by atoms with Crippen LogP contribution in [0.2, 0.25) is 0 Å². The molecule has 0 saturated heterocycles. The van der Waals surface area contributed by atoms with Gasteiger partial charge in [-0.2, -0.15) is 18.3 Å². The molecule has 0 radical (unpaired) electrons. The SMILES string of the molecule is Cn1cc(C(=O)Oc2cccc(C(=O)Nc3ccccc3)c2)c(C(F)(F)F)n1. The Labute approximate surface area is 157 Å². The maximum atomic E-state index is 13.0. The minimum Gasteiger partial charge on any atom is -0.423 e. The first kappa shape index (κ1) is 19.2. The number of alkyl halides is 3. The number of anilines is 1. The fraction of sp³-hybridized carbons (Fsp3) is 0.105. The maximum Gasteiger partial charge on any atom is 0.436 e. The van der Waals surface area contributed by atoms with E-state index in [2.05, 4.69) is 10.4 Å². The third-order valence-corrected chi connectivity index (χ3v) is 3.66. The van der Waals surface area contributed by atoms with Crippen LogP contribution in [0, 0.1) is 0 Å². The number of hydrogen-bond donors (Lipinski definition) is 1. The number of carbonyl (C=O) groups is 2. The van der Waals surface area contributed by atoms with Gasteiger partial charge >= 0.3 is 12.1 Å². The Bertz CT molecular complexity index is 1010. The Morgan fingerprint density at radius 2 is 1.79 bits per heavy atom. The normalized spacial score (nSPS) is 11.1. The van der Waals surface area contributed by atoms with Gasteiger partial charge < -0.3 is 10.1 Å².